The van der Waals surface area contributed by atoms with Crippen molar-refractivity contribution in [2.45, 2.75) is 138 Å². The molecule has 6 amide bonds. The second-order valence-corrected chi connectivity index (χ2v) is 27.7. The summed E-state index contributed by atoms with van der Waals surface area (Å²) in [5.74, 6) is -8.52. The van der Waals surface area contributed by atoms with Crippen LogP contribution in [0.25, 0.3) is 22.3 Å². The molecular formula is C75H96N6O23S2. The minimum atomic E-state index is -2.30. The summed E-state index contributed by atoms with van der Waals surface area (Å²) in [6, 6.07) is 35.7. The molecular weight excluding hydrogens is 1420 g/mol. The van der Waals surface area contributed by atoms with Crippen molar-refractivity contribution in [1.29, 1.82) is 0 Å². The van der Waals surface area contributed by atoms with Gasteiger partial charge in [0.2, 0.25) is 11.8 Å². The van der Waals surface area contributed by atoms with Crippen molar-refractivity contribution in [1.82, 2.24) is 31.9 Å². The molecule has 11 atom stereocenters. The number of unbranched alkanes of at least 4 members (excludes halogenated alkanes) is 1. The van der Waals surface area contributed by atoms with Gasteiger partial charge in [-0.05, 0) is 108 Å². The van der Waals surface area contributed by atoms with Crippen LogP contribution in [-0.4, -0.2) is 245 Å². The minimum absolute atomic E-state index is 0.0297. The Kier molecular flexibility index (Phi) is 34.6. The van der Waals surface area contributed by atoms with E-state index in [1.54, 1.807) is 48.5 Å². The number of rotatable bonds is 43. The van der Waals surface area contributed by atoms with Crippen molar-refractivity contribution in [3.8, 4) is 28.0 Å². The summed E-state index contributed by atoms with van der Waals surface area (Å²) < 4.78 is 40.1. The van der Waals surface area contributed by atoms with Crippen LogP contribution < -0.4 is 36.6 Å². The van der Waals surface area contributed by atoms with Crippen molar-refractivity contribution in [2.75, 3.05) is 89.8 Å². The molecule has 5 aromatic rings. The van der Waals surface area contributed by atoms with Gasteiger partial charge < -0.3 is 101 Å². The van der Waals surface area contributed by atoms with E-state index in [1.165, 1.54) is 48.6 Å². The maximum atomic E-state index is 13.8. The number of carboxylic acid groups (broad SMARTS) is 1. The van der Waals surface area contributed by atoms with E-state index in [4.69, 9.17) is 38.3 Å². The van der Waals surface area contributed by atoms with Gasteiger partial charge in [0.15, 0.2) is 0 Å². The monoisotopic (exact) mass is 1510 g/mol. The maximum Gasteiger partial charge on any atom is 0.366 e. The van der Waals surface area contributed by atoms with E-state index in [9.17, 15) is 73.8 Å². The van der Waals surface area contributed by atoms with Crippen LogP contribution in [-0.2, 0) is 52.4 Å². The number of benzene rings is 5. The third-order valence-electron chi connectivity index (χ3n) is 17.3. The molecule has 0 bridgehead atoms. The zero-order valence-corrected chi connectivity index (χ0v) is 61.0. The van der Waals surface area contributed by atoms with E-state index in [1.807, 2.05) is 60.7 Å². The molecule has 31 heteroatoms. The van der Waals surface area contributed by atoms with Crippen molar-refractivity contribution >= 4 is 76.9 Å². The Hall–Kier alpha value is -8.57. The Morgan fingerprint density at radius 3 is 1.55 bits per heavy atom. The second-order valence-electron chi connectivity index (χ2n) is 25.2. The van der Waals surface area contributed by atoms with Crippen LogP contribution in [0.3, 0.4) is 0 Å². The van der Waals surface area contributed by atoms with Gasteiger partial charge in [-0.25, -0.2) is 9.59 Å². The number of amides is 6. The van der Waals surface area contributed by atoms with Gasteiger partial charge in [0.1, 0.15) is 24.1 Å². The van der Waals surface area contributed by atoms with Crippen LogP contribution >= 0.6 is 23.5 Å². The van der Waals surface area contributed by atoms with E-state index >= 15 is 0 Å². The van der Waals surface area contributed by atoms with E-state index in [0.717, 1.165) is 36.5 Å². The molecule has 0 spiro atoms. The fourth-order valence-electron chi connectivity index (χ4n) is 11.7. The topological polar surface area (TPSA) is 432 Å². The number of hydrogen-bond donors (Lipinski definition) is 13. The Morgan fingerprint density at radius 1 is 0.528 bits per heavy atom. The molecule has 0 aliphatic carbocycles. The summed E-state index contributed by atoms with van der Waals surface area (Å²) >= 11 is 2.87. The van der Waals surface area contributed by atoms with Crippen molar-refractivity contribution in [2.24, 2.45) is 0 Å². The molecule has 2 aliphatic rings. The molecule has 29 nitrogen and oxygen atoms in total. The molecule has 2 saturated heterocycles. The molecule has 576 valence electrons. The zero-order valence-electron chi connectivity index (χ0n) is 59.4. The number of aliphatic hydroxyl groups is 6. The quantitative estimate of drug-likeness (QED) is 0.0196. The number of carboxylic acids is 1. The Bertz CT molecular complexity index is 3660. The van der Waals surface area contributed by atoms with Crippen LogP contribution in [0.1, 0.15) is 113 Å². The molecule has 0 saturated carbocycles. The van der Waals surface area contributed by atoms with Gasteiger partial charge in [-0.3, -0.25) is 33.6 Å². The van der Waals surface area contributed by atoms with Crippen molar-refractivity contribution < 1.29 is 112 Å². The van der Waals surface area contributed by atoms with Crippen LogP contribution in [0.2, 0.25) is 0 Å². The van der Waals surface area contributed by atoms with Gasteiger partial charge in [0.25, 0.3) is 35.2 Å². The summed E-state index contributed by atoms with van der Waals surface area (Å²) in [7, 11) is 2.18. The smallest absolute Gasteiger partial charge is 0.366 e. The number of thioether (sulfide) groups is 2. The minimum Gasteiger partial charge on any atom is -0.493 e. The van der Waals surface area contributed by atoms with E-state index in [0.29, 0.717) is 60.7 Å². The number of aliphatic hydroxyl groups excluding tert-OH is 6. The highest BCUT2D eigenvalue weighted by atomic mass is 32.2. The van der Waals surface area contributed by atoms with E-state index in [-0.39, 0.29) is 100 Å². The average molecular weight is 1510 g/mol. The third-order valence-corrected chi connectivity index (χ3v) is 19.4. The normalized spacial score (nSPS) is 20.3. The number of nitrogens with one attached hydrogen (secondary N) is 6. The van der Waals surface area contributed by atoms with Crippen LogP contribution in [0.5, 0.6) is 5.75 Å². The lowest BCUT2D eigenvalue weighted by Gasteiger charge is -2.47. The lowest BCUT2D eigenvalue weighted by atomic mass is 9.88. The van der Waals surface area contributed by atoms with Gasteiger partial charge >= 0.3 is 17.9 Å². The van der Waals surface area contributed by atoms with Crippen LogP contribution in [0, 0.1) is 0 Å². The predicted molar refractivity (Wildman–Crippen MR) is 391 cm³/mol. The highest BCUT2D eigenvalue weighted by Gasteiger charge is 2.57. The molecule has 2 aliphatic heterocycles. The first kappa shape index (κ1) is 84.7. The number of carbonyl (C=O) groups is 9. The van der Waals surface area contributed by atoms with Gasteiger partial charge in [0.05, 0.1) is 76.2 Å². The first-order chi connectivity index (χ1) is 51.0. The number of aliphatic carboxylic acids is 1. The van der Waals surface area contributed by atoms with E-state index < -0.39 is 127 Å². The second kappa shape index (κ2) is 43.3. The van der Waals surface area contributed by atoms with Gasteiger partial charge in [-0.15, -0.1) is 0 Å². The Labute approximate surface area is 622 Å². The summed E-state index contributed by atoms with van der Waals surface area (Å²) in [5, 5.41) is 92.2. The molecule has 0 aromatic heterocycles. The standard InChI is InChI=1S/C75H96N6O23S2/c1-47(82)81-64-57(84)44-75(73(97)99-3,104-67(64)66(91)59(86)46-80-69(93)53-27-23-51(24-28-53)49-17-8-5-9-18-49)102-36-14-38-106-40-33-78-71(95)56-30-29-54(41-60(56)100-34-12-31-76-62(87)19-10-11-20-63(88)89)70(94)77-32-39-105-37-13-35-101-74(72(96)98-2)43-55(83)42-61(103-74)65(90)58(85)45-79-68(92)52-25-21-50(22-26-52)48-15-6-4-7-16-48/h4-9,15-18,21-30,41,55,57-59,61,64-67,83-86,90-91H,10-14,19-20,31-40,42-46H2,1-3H3,(H,76,87)(H,77,94)(H,78,95)(H,79,92)(H,80,93)(H,81,82)(H,88,89)/t55-,57+,58-,59-,61-,64-,65-,66-,67-,74-,75-/m1/s1. The van der Waals surface area contributed by atoms with Crippen molar-refractivity contribution in [3.05, 3.63) is 150 Å². The predicted octanol–water partition coefficient (Wildman–Crippen LogP) is 3.53. The van der Waals surface area contributed by atoms with Crippen LogP contribution in [0.15, 0.2) is 127 Å². The summed E-state index contributed by atoms with van der Waals surface area (Å²) in [6.07, 6.45) is -11.8. The van der Waals surface area contributed by atoms with E-state index in [2.05, 4.69) is 31.9 Å². The molecule has 0 unspecified atom stereocenters. The highest BCUT2D eigenvalue weighted by Crippen LogP contribution is 2.36. The summed E-state index contributed by atoms with van der Waals surface area (Å²) in [4.78, 5) is 116. The molecule has 2 heterocycles. The third kappa shape index (κ3) is 25.9. The molecule has 13 N–H and O–H groups in total. The lowest BCUT2D eigenvalue weighted by molar-refractivity contribution is -0.311. The highest BCUT2D eigenvalue weighted by molar-refractivity contribution is 7.99. The number of methoxy groups -OCH3 is 2. The summed E-state index contributed by atoms with van der Waals surface area (Å²) in [6.45, 7) is 0.712. The SMILES string of the molecule is COC(=O)[C@@]1(OCCCSCCNC(=O)c2ccc(C(=O)NCCSCCCO[C@]3(C(=O)OC)C[C@H](O)C[C@H]([C@H](O)[C@H](O)CNC(=O)c4ccc(-c5ccccc5)cc4)O3)cc2OCCCNC(=O)CCCCC(=O)O)C[C@H](O)[C@@H](NC(C)=O)[C@H]([C@H](O)[C@H](O)CNC(=O)c2ccc(-c3ccccc3)cc2)O1. The van der Waals surface area contributed by atoms with Crippen molar-refractivity contribution in [3.63, 3.8) is 0 Å². The number of esters is 2. The summed E-state index contributed by atoms with van der Waals surface area (Å²) in [5.41, 5.74) is 4.57. The Balaban J connectivity index is 0.857. The fourth-order valence-corrected chi connectivity index (χ4v) is 13.3. The molecule has 106 heavy (non-hydrogen) atoms. The van der Waals surface area contributed by atoms with Crippen LogP contribution in [0.4, 0.5) is 0 Å². The lowest BCUT2D eigenvalue weighted by Crippen LogP contribution is -2.68. The zero-order chi connectivity index (χ0) is 76.6. The number of ether oxygens (including phenoxy) is 7. The fraction of sp³-hybridized carbons (Fsp3) is 0.480. The number of carbonyl (C=O) groups excluding carboxylic acids is 8. The Morgan fingerprint density at radius 2 is 1.02 bits per heavy atom. The maximum absolute atomic E-state index is 13.8. The molecule has 5 aromatic carbocycles. The number of hydrogen-bond acceptors (Lipinski definition) is 24. The van der Waals surface area contributed by atoms with Gasteiger partial charge in [-0.1, -0.05) is 84.9 Å². The van der Waals surface area contributed by atoms with Gasteiger partial charge in [-0.2, -0.15) is 23.5 Å². The van der Waals surface area contributed by atoms with Gasteiger partial charge in [0, 0.05) is 99.9 Å². The molecule has 0 radical (unpaired) electrons. The first-order valence-electron chi connectivity index (χ1n) is 35.0. The average Bonchev–Trinajstić information content (AvgIpc) is 0.773. The molecule has 7 rings (SSSR count). The first-order valence-corrected chi connectivity index (χ1v) is 37.3. The molecule has 2 fully saturated rings. The largest absolute Gasteiger partial charge is 0.493 e.